The van der Waals surface area contributed by atoms with E-state index in [0.717, 1.165) is 17.3 Å². The minimum absolute atomic E-state index is 0.216. The van der Waals surface area contributed by atoms with Gasteiger partial charge in [0, 0.05) is 67.8 Å². The highest BCUT2D eigenvalue weighted by molar-refractivity contribution is 6.39. The average molecular weight is 600 g/mol. The zero-order valence-corrected chi connectivity index (χ0v) is 24.0. The van der Waals surface area contributed by atoms with E-state index in [1.807, 2.05) is 36.1 Å². The first-order chi connectivity index (χ1) is 21.2. The van der Waals surface area contributed by atoms with Gasteiger partial charge in [0.25, 0.3) is 0 Å². The number of carbonyl (C=O) groups is 2. The summed E-state index contributed by atoms with van der Waals surface area (Å²) < 4.78 is 45.9. The van der Waals surface area contributed by atoms with Gasteiger partial charge in [-0.05, 0) is 42.8 Å². The summed E-state index contributed by atoms with van der Waals surface area (Å²) in [6.45, 7) is 5.68. The number of ketones is 2. The lowest BCUT2D eigenvalue weighted by Crippen LogP contribution is -2.73. The molecule has 44 heavy (non-hydrogen) atoms. The first-order valence-electron chi connectivity index (χ1n) is 14.6. The van der Waals surface area contributed by atoms with E-state index in [-0.39, 0.29) is 11.6 Å². The highest BCUT2D eigenvalue weighted by Gasteiger charge is 2.46. The topological polar surface area (TPSA) is 75.9 Å². The Morgan fingerprint density at radius 1 is 0.909 bits per heavy atom. The lowest BCUT2D eigenvalue weighted by Gasteiger charge is -2.36. The fourth-order valence-corrected chi connectivity index (χ4v) is 6.31. The Kier molecular flexibility index (Phi) is 6.88. The summed E-state index contributed by atoms with van der Waals surface area (Å²) in [6, 6.07) is 18.1. The second kappa shape index (κ2) is 10.8. The number of carbonyl (C=O) groups excluding carboxylic acids is 2. The molecule has 2 N–H and O–H groups in total. The van der Waals surface area contributed by atoms with Gasteiger partial charge in [0.05, 0.1) is 11.1 Å². The van der Waals surface area contributed by atoms with Gasteiger partial charge in [-0.3, -0.25) is 14.5 Å². The van der Waals surface area contributed by atoms with Crippen molar-refractivity contribution in [2.24, 2.45) is 0 Å². The van der Waals surface area contributed by atoms with Gasteiger partial charge in [-0.2, -0.15) is 13.2 Å². The molecule has 0 aromatic heterocycles. The Labute approximate surface area is 252 Å². The highest BCUT2D eigenvalue weighted by Crippen LogP contribution is 2.36. The Morgan fingerprint density at radius 3 is 2.36 bits per heavy atom. The molecular formula is C34H30F3N4O3+. The van der Waals surface area contributed by atoms with Crippen LogP contribution in [0.4, 0.5) is 24.5 Å². The monoisotopic (exact) mass is 599 g/mol. The molecule has 2 aliphatic heterocycles. The third kappa shape index (κ3) is 4.98. The Hall–Kier alpha value is -4.70. The number of piperazine rings is 1. The molecule has 1 fully saturated rings. The second-order valence-corrected chi connectivity index (χ2v) is 11.4. The number of benzene rings is 3. The first-order valence-corrected chi connectivity index (χ1v) is 14.6. The van der Waals surface area contributed by atoms with Crippen LogP contribution < -0.4 is 19.9 Å². The summed E-state index contributed by atoms with van der Waals surface area (Å²) in [6.07, 6.45) is -3.10. The average Bonchev–Trinajstić information content (AvgIpc) is 3.02. The summed E-state index contributed by atoms with van der Waals surface area (Å²) in [7, 11) is 0. The molecule has 1 saturated heterocycles. The van der Waals surface area contributed by atoms with Gasteiger partial charge >= 0.3 is 6.18 Å². The molecule has 224 valence electrons. The van der Waals surface area contributed by atoms with Gasteiger partial charge in [-0.25, -0.2) is 4.99 Å². The number of hydrogen-bond donors (Lipinski definition) is 2. The zero-order chi connectivity index (χ0) is 30.6. The molecule has 4 aliphatic rings. The van der Waals surface area contributed by atoms with Crippen LogP contribution in [0, 0.1) is 6.92 Å². The van der Waals surface area contributed by atoms with Crippen molar-refractivity contribution in [2.75, 3.05) is 44.2 Å². The molecule has 3 aromatic carbocycles. The number of ether oxygens (including phenoxy) is 1. The second-order valence-electron chi connectivity index (χ2n) is 11.4. The van der Waals surface area contributed by atoms with E-state index in [4.69, 9.17) is 4.74 Å². The number of aryl methyl sites for hydroxylation is 1. The number of rotatable bonds is 5. The standard InChI is InChI=1S/C34H29F3N4O3/c1-20-9-10-27-25(17-20)39-31-28(44-27)19-26(29-30(31)33(43)24-8-3-2-7-23(24)32(29)42)38-11-12-40-13-15-41(16-14-40)22-6-4-5-21(18-22)34(35,36)37/h2-10,17-19,28,38H,11-16H2,1H3/p+1. The van der Waals surface area contributed by atoms with Crippen molar-refractivity contribution in [3.63, 3.8) is 0 Å². The quantitative estimate of drug-likeness (QED) is 0.467. The van der Waals surface area contributed by atoms with E-state index < -0.39 is 17.8 Å². The molecule has 1 atom stereocenters. The summed E-state index contributed by atoms with van der Waals surface area (Å²) >= 11 is 0. The normalized spacial score (nSPS) is 19.7. The van der Waals surface area contributed by atoms with E-state index in [1.54, 1.807) is 30.3 Å². The molecule has 0 saturated carbocycles. The van der Waals surface area contributed by atoms with Crippen LogP contribution in [0.5, 0.6) is 5.75 Å². The zero-order valence-electron chi connectivity index (χ0n) is 24.0. The summed E-state index contributed by atoms with van der Waals surface area (Å²) in [5.41, 5.74) is 4.22. The third-order valence-corrected chi connectivity index (χ3v) is 8.57. The molecule has 2 heterocycles. The highest BCUT2D eigenvalue weighted by atomic mass is 19.4. The summed E-state index contributed by atoms with van der Waals surface area (Å²) in [5, 5.41) is 3.41. The molecule has 0 spiro atoms. The van der Waals surface area contributed by atoms with Gasteiger partial charge in [0.2, 0.25) is 23.3 Å². The van der Waals surface area contributed by atoms with Crippen LogP contribution >= 0.6 is 0 Å². The van der Waals surface area contributed by atoms with Crippen LogP contribution in [0.3, 0.4) is 0 Å². The number of alkyl halides is 3. The van der Waals surface area contributed by atoms with Crippen molar-refractivity contribution >= 4 is 28.7 Å². The van der Waals surface area contributed by atoms with E-state index in [1.165, 1.54) is 12.1 Å². The van der Waals surface area contributed by atoms with Crippen LogP contribution in [0.1, 0.15) is 31.8 Å². The predicted octanol–water partition coefficient (Wildman–Crippen LogP) is 3.61. The van der Waals surface area contributed by atoms with Crippen molar-refractivity contribution < 1.29 is 32.5 Å². The Balaban J connectivity index is 1.09. The third-order valence-electron chi connectivity index (χ3n) is 8.57. The number of allylic oxidation sites excluding steroid dienone is 1. The number of halogens is 3. The van der Waals surface area contributed by atoms with Gasteiger partial charge in [0.1, 0.15) is 5.57 Å². The van der Waals surface area contributed by atoms with Gasteiger partial charge in [-0.15, -0.1) is 0 Å². The largest absolute Gasteiger partial charge is 0.468 e. The van der Waals surface area contributed by atoms with E-state index in [2.05, 4.69) is 15.2 Å². The van der Waals surface area contributed by atoms with Crippen LogP contribution in [-0.4, -0.2) is 67.6 Å². The summed E-state index contributed by atoms with van der Waals surface area (Å²) in [5.74, 6) is 0.226. The smallest absolute Gasteiger partial charge is 0.416 e. The fourth-order valence-electron chi connectivity index (χ4n) is 6.31. The lowest BCUT2D eigenvalue weighted by molar-refractivity contribution is -0.363. The Bertz CT molecular complexity index is 1780. The van der Waals surface area contributed by atoms with Crippen LogP contribution in [0.15, 0.2) is 89.6 Å². The fraction of sp³-hybridized carbons (Fsp3) is 0.265. The molecule has 7 nitrogen and oxygen atoms in total. The molecule has 0 radical (unpaired) electrons. The van der Waals surface area contributed by atoms with Crippen molar-refractivity contribution in [2.45, 2.75) is 19.2 Å². The maximum atomic E-state index is 13.9. The van der Waals surface area contributed by atoms with Crippen molar-refractivity contribution in [3.05, 3.63) is 112 Å². The number of nitrogens with one attached hydrogen (secondary N) is 2. The minimum Gasteiger partial charge on any atom is -0.468 e. The molecule has 0 bridgehead atoms. The molecule has 2 aliphatic carbocycles. The molecule has 7 rings (SSSR count). The maximum Gasteiger partial charge on any atom is 0.416 e. The van der Waals surface area contributed by atoms with E-state index >= 15 is 0 Å². The minimum atomic E-state index is -4.38. The molecule has 10 heteroatoms. The number of fused-ring (bicyclic) bond motifs is 4. The maximum absolute atomic E-state index is 13.9. The van der Waals surface area contributed by atoms with Crippen LogP contribution in [0.2, 0.25) is 0 Å². The molecular weight excluding hydrogens is 569 g/mol. The van der Waals surface area contributed by atoms with Crippen LogP contribution in [-0.2, 0) is 6.18 Å². The SMILES string of the molecule is Cc1ccc2c(c1)[NH+]=C1C3=C(C(=O)c4ccccc4C3=O)C(NCCN3CCN(c4cccc(C(F)(F)F)c4)CC3)=CC1O2. The van der Waals surface area contributed by atoms with Crippen molar-refractivity contribution in [1.29, 1.82) is 0 Å². The number of anilines is 1. The van der Waals surface area contributed by atoms with Crippen molar-refractivity contribution in [3.8, 4) is 5.75 Å². The van der Waals surface area contributed by atoms with Gasteiger partial charge in [-0.1, -0.05) is 36.4 Å². The van der Waals surface area contributed by atoms with Crippen LogP contribution in [0.25, 0.3) is 0 Å². The number of Topliss-reactive ketones (excluding diaryl/α,β-unsaturated/α-hetero) is 2. The number of nitrogens with zero attached hydrogens (tertiary/aromatic N) is 2. The first kappa shape index (κ1) is 28.1. The van der Waals surface area contributed by atoms with Gasteiger partial charge in [0.15, 0.2) is 11.5 Å². The van der Waals surface area contributed by atoms with E-state index in [0.29, 0.717) is 84.4 Å². The van der Waals surface area contributed by atoms with Crippen molar-refractivity contribution in [1.82, 2.24) is 10.2 Å². The lowest BCUT2D eigenvalue weighted by atomic mass is 9.76. The Morgan fingerprint density at radius 2 is 1.64 bits per heavy atom. The molecule has 3 aromatic rings. The molecule has 1 unspecified atom stereocenters. The van der Waals surface area contributed by atoms with Gasteiger partial charge < -0.3 is 15.0 Å². The number of hydrogen-bond acceptors (Lipinski definition) is 6. The predicted molar refractivity (Wildman–Crippen MR) is 160 cm³/mol. The van der Waals surface area contributed by atoms with E-state index in [9.17, 15) is 22.8 Å². The summed E-state index contributed by atoms with van der Waals surface area (Å²) in [4.78, 5) is 35.3. The molecule has 0 amide bonds.